The zero-order valence-corrected chi connectivity index (χ0v) is 44.6. The second-order valence-corrected chi connectivity index (χ2v) is 24.0. The van der Waals surface area contributed by atoms with Gasteiger partial charge in [0.2, 0.25) is 6.29 Å². The molecule has 452 valence electrons. The molecule has 4 saturated carbocycles. The summed E-state index contributed by atoms with van der Waals surface area (Å²) in [4.78, 5) is 27.1. The number of carboxylic acid groups (broad SMARTS) is 1. The van der Waals surface area contributed by atoms with E-state index in [4.69, 9.17) is 37.9 Å². The first-order valence-corrected chi connectivity index (χ1v) is 27.7. The van der Waals surface area contributed by atoms with Crippen molar-refractivity contribution in [3.63, 3.8) is 0 Å². The van der Waals surface area contributed by atoms with Crippen LogP contribution < -0.4 is 5.32 Å². The van der Waals surface area contributed by atoms with Crippen molar-refractivity contribution in [1.29, 1.82) is 0 Å². The molecule has 0 amide bonds. The number of rotatable bonds is 18. The van der Waals surface area contributed by atoms with Gasteiger partial charge in [-0.15, -0.1) is 0 Å². The summed E-state index contributed by atoms with van der Waals surface area (Å²) in [6.45, 7) is 6.21. The number of ether oxygens (including phenoxy) is 8. The maximum atomic E-state index is 14.9. The molecule has 4 saturated heterocycles. The number of aliphatic carboxylic acids is 1. The number of carbonyl (C=O) groups excluding carboxylic acids is 1. The van der Waals surface area contributed by atoms with E-state index in [1.807, 2.05) is 0 Å². The third kappa shape index (κ3) is 11.4. The lowest BCUT2D eigenvalue weighted by molar-refractivity contribution is -0.397. The van der Waals surface area contributed by atoms with E-state index in [2.05, 4.69) is 18.8 Å². The summed E-state index contributed by atoms with van der Waals surface area (Å²) in [6.07, 6.45) is -34.5. The Morgan fingerprint density at radius 1 is 0.688 bits per heavy atom. The van der Waals surface area contributed by atoms with Crippen LogP contribution in [0.3, 0.4) is 0 Å². The number of aliphatic hydroxyl groups excluding tert-OH is 14. The summed E-state index contributed by atoms with van der Waals surface area (Å²) >= 11 is 0. The smallest absolute Gasteiger partial charge is 0.321 e. The first-order valence-electron chi connectivity index (χ1n) is 27.7. The molecule has 9 rings (SSSR count). The fraction of sp³-hybridized carbons (Fsp3) is 0.815. The van der Waals surface area contributed by atoms with Gasteiger partial charge in [-0.2, -0.15) is 0 Å². The van der Waals surface area contributed by atoms with Crippen LogP contribution in [0.4, 0.5) is 0 Å². The standard InChI is InChI=1S/C54H81NO25/c1-22-18-54-14-10-30-52(2,12-7-13-53(30,3)51(72)80-49-41(68)37(64)38(65)43(78-49)45(69)55-25(46(70)71)16-23-8-5-4-6-9-23)31(54)17-27(24(22)19-54)74-50-44(79-48-40(67)36(63)33(60)28(20-57)75-48)42(34(61)29(21-58)76-50)77-47-39(66)35(62)32(59)26(73-47)11-15-56/h4-6,8-9,24-45,47-50,55-69H,1,7,10-21H2,2-3H3,(H,70,71)/t24?,25-,26-,27?,28-,29-,30+,31+,32-,33-,34-,35+,36+,37+,38+,39-,40-,41-,42?,43+,44-,45?,47+,48+,49?,50-,52-,53-,54?/m1/s1. The molecule has 0 aromatic heterocycles. The molecule has 16 N–H and O–H groups in total. The lowest BCUT2D eigenvalue weighted by Gasteiger charge is -2.64. The highest BCUT2D eigenvalue weighted by Gasteiger charge is 2.68. The van der Waals surface area contributed by atoms with Gasteiger partial charge in [0.15, 0.2) is 18.9 Å². The predicted molar refractivity (Wildman–Crippen MR) is 267 cm³/mol. The summed E-state index contributed by atoms with van der Waals surface area (Å²) in [7, 11) is 0. The molecular weight excluding hydrogens is 1060 g/mol. The van der Waals surface area contributed by atoms with Gasteiger partial charge in [0.25, 0.3) is 0 Å². The molecule has 4 aliphatic heterocycles. The van der Waals surface area contributed by atoms with Crippen LogP contribution in [0, 0.1) is 34.0 Å². The van der Waals surface area contributed by atoms with E-state index in [9.17, 15) is 86.2 Å². The zero-order valence-electron chi connectivity index (χ0n) is 44.6. The van der Waals surface area contributed by atoms with Crippen LogP contribution in [0.15, 0.2) is 42.5 Å². The van der Waals surface area contributed by atoms with E-state index in [-0.39, 0.29) is 36.0 Å². The van der Waals surface area contributed by atoms with Crippen molar-refractivity contribution in [2.45, 2.75) is 219 Å². The van der Waals surface area contributed by atoms with Crippen LogP contribution in [0.5, 0.6) is 0 Å². The molecule has 8 aliphatic rings. The highest BCUT2D eigenvalue weighted by Crippen LogP contribution is 2.72. The van der Waals surface area contributed by atoms with E-state index in [1.165, 1.54) is 0 Å². The molecule has 1 spiro atoms. The predicted octanol–water partition coefficient (Wildman–Crippen LogP) is -4.26. The third-order valence-corrected chi connectivity index (χ3v) is 19.3. The van der Waals surface area contributed by atoms with Gasteiger partial charge in [0.1, 0.15) is 104 Å². The van der Waals surface area contributed by atoms with Gasteiger partial charge in [-0.25, -0.2) is 0 Å². The van der Waals surface area contributed by atoms with Crippen molar-refractivity contribution in [3.8, 4) is 0 Å². The molecule has 6 unspecified atom stereocenters. The Morgan fingerprint density at radius 2 is 1.27 bits per heavy atom. The largest absolute Gasteiger partial charge is 0.480 e. The van der Waals surface area contributed by atoms with Crippen molar-refractivity contribution in [3.05, 3.63) is 48.0 Å². The molecule has 80 heavy (non-hydrogen) atoms. The number of carboxylic acids is 1. The van der Waals surface area contributed by atoms with Crippen molar-refractivity contribution in [2.75, 3.05) is 19.8 Å². The first-order chi connectivity index (χ1) is 37.9. The Kier molecular flexibility index (Phi) is 18.9. The Morgan fingerprint density at radius 3 is 1.91 bits per heavy atom. The molecule has 2 bridgehead atoms. The summed E-state index contributed by atoms with van der Waals surface area (Å²) in [5.74, 6) is -2.99. The summed E-state index contributed by atoms with van der Waals surface area (Å²) < 4.78 is 49.1. The third-order valence-electron chi connectivity index (χ3n) is 19.3. The average Bonchev–Trinajstić information content (AvgIpc) is 3.75. The molecule has 26 nitrogen and oxygen atoms in total. The minimum atomic E-state index is -1.99. The number of fused-ring (bicyclic) bond motifs is 3. The van der Waals surface area contributed by atoms with E-state index in [1.54, 1.807) is 37.3 Å². The molecule has 4 heterocycles. The van der Waals surface area contributed by atoms with E-state index < -0.39 is 184 Å². The zero-order chi connectivity index (χ0) is 57.9. The average molecular weight is 1140 g/mol. The number of benzene rings is 1. The van der Waals surface area contributed by atoms with E-state index in [0.717, 1.165) is 5.57 Å². The van der Waals surface area contributed by atoms with Crippen LogP contribution in [-0.2, 0) is 53.9 Å². The van der Waals surface area contributed by atoms with Crippen LogP contribution in [0.1, 0.15) is 77.2 Å². The highest BCUT2D eigenvalue weighted by molar-refractivity contribution is 5.77. The monoisotopic (exact) mass is 1140 g/mol. The fourth-order valence-electron chi connectivity index (χ4n) is 15.0. The highest BCUT2D eigenvalue weighted by atomic mass is 16.8. The molecule has 1 aromatic carbocycles. The van der Waals surface area contributed by atoms with Gasteiger partial charge in [-0.3, -0.25) is 14.9 Å². The van der Waals surface area contributed by atoms with Crippen LogP contribution in [0.2, 0.25) is 0 Å². The Labute approximate surface area is 461 Å². The van der Waals surface area contributed by atoms with Gasteiger partial charge >= 0.3 is 11.9 Å². The maximum absolute atomic E-state index is 14.9. The lowest BCUT2D eigenvalue weighted by Crippen LogP contribution is -2.67. The topological polar surface area (TPSA) is 423 Å². The number of esters is 1. The molecule has 1 aromatic rings. The quantitative estimate of drug-likeness (QED) is 0.0286. The van der Waals surface area contributed by atoms with Crippen molar-refractivity contribution >= 4 is 11.9 Å². The summed E-state index contributed by atoms with van der Waals surface area (Å²) in [5, 5.41) is 165. The SMILES string of the molecule is C=C1CC23CC[C@H]4[C@@](C)(CCC[C@@]4(C)C(=O)OC4O[C@H](C(O)N[C@H](Cc5ccccc5)C(=O)O)[C@@H](O)[C@H](O)[C@H]4O)[C@@H]2CC(O[C@@H]2O[C@H](CO)[C@@H](O)C(O[C@@H]4O[C@H](CCO)[C@@H](O)[C@H](O)[C@H]4O)[C@H]2O[C@@H]2O[C@H](CO)[C@@H](O)[C@H](O)[C@H]2O)C1C3. The van der Waals surface area contributed by atoms with Gasteiger partial charge in [0, 0.05) is 12.5 Å². The van der Waals surface area contributed by atoms with Gasteiger partial charge < -0.3 is 114 Å². The van der Waals surface area contributed by atoms with Gasteiger partial charge in [-0.05, 0) is 92.9 Å². The minimum absolute atomic E-state index is 0.0737. The first kappa shape index (κ1) is 61.6. The molecule has 26 heteroatoms. The van der Waals surface area contributed by atoms with Crippen molar-refractivity contribution in [1.82, 2.24) is 5.32 Å². The van der Waals surface area contributed by atoms with Gasteiger partial charge in [-0.1, -0.05) is 55.8 Å². The maximum Gasteiger partial charge on any atom is 0.321 e. The molecule has 4 aliphatic carbocycles. The number of nitrogens with one attached hydrogen (secondary N) is 1. The molecule has 8 fully saturated rings. The Bertz CT molecular complexity index is 2290. The van der Waals surface area contributed by atoms with E-state index in [0.29, 0.717) is 56.9 Å². The summed E-state index contributed by atoms with van der Waals surface area (Å²) in [5.41, 5.74) is -0.704. The Balaban J connectivity index is 0.969. The molecular formula is C54H81NO25. The second kappa shape index (κ2) is 24.5. The number of hydrogen-bond acceptors (Lipinski definition) is 25. The molecule has 0 radical (unpaired) electrons. The minimum Gasteiger partial charge on any atom is -0.480 e. The van der Waals surface area contributed by atoms with Crippen molar-refractivity contribution < 1.29 is 124 Å². The number of aliphatic hydroxyl groups is 14. The Hall–Kier alpha value is -2.98. The van der Waals surface area contributed by atoms with Crippen LogP contribution in [-0.4, -0.2) is 250 Å². The fourth-order valence-corrected chi connectivity index (χ4v) is 15.0. The molecule has 29 atom stereocenters. The lowest BCUT2D eigenvalue weighted by atomic mass is 9.41. The number of carbonyl (C=O) groups is 2. The van der Waals surface area contributed by atoms with E-state index >= 15 is 0 Å². The van der Waals surface area contributed by atoms with Crippen LogP contribution >= 0.6 is 0 Å². The second-order valence-electron chi connectivity index (χ2n) is 24.0. The van der Waals surface area contributed by atoms with Crippen molar-refractivity contribution in [2.24, 2.45) is 34.0 Å². The number of hydrogen-bond donors (Lipinski definition) is 16. The summed E-state index contributed by atoms with van der Waals surface area (Å²) in [6, 6.07) is 7.19. The normalized spacial score (nSPS) is 48.3. The van der Waals surface area contributed by atoms with Gasteiger partial charge in [0.05, 0.1) is 30.8 Å². The van der Waals surface area contributed by atoms with Crippen LogP contribution in [0.25, 0.3) is 0 Å².